The number of aryl methyl sites for hydroxylation is 1. The first kappa shape index (κ1) is 8.97. The predicted molar refractivity (Wildman–Crippen MR) is 67.0 cm³/mol. The SMILES string of the molecule is Cc1cc(I)c(Br)c2ccsc12. The maximum atomic E-state index is 3.59. The maximum Gasteiger partial charge on any atom is 0.0395 e. The van der Waals surface area contributed by atoms with E-state index in [1.54, 1.807) is 11.3 Å². The van der Waals surface area contributed by atoms with Crippen LogP contribution in [-0.2, 0) is 0 Å². The average molecular weight is 353 g/mol. The van der Waals surface area contributed by atoms with E-state index >= 15 is 0 Å². The highest BCUT2D eigenvalue weighted by Gasteiger charge is 2.06. The van der Waals surface area contributed by atoms with E-state index in [0.717, 1.165) is 0 Å². The molecule has 0 radical (unpaired) electrons. The lowest BCUT2D eigenvalue weighted by Gasteiger charge is -2.01. The summed E-state index contributed by atoms with van der Waals surface area (Å²) in [6, 6.07) is 4.38. The summed E-state index contributed by atoms with van der Waals surface area (Å²) in [6.07, 6.45) is 0. The van der Waals surface area contributed by atoms with Crippen molar-refractivity contribution >= 4 is 59.9 Å². The van der Waals surface area contributed by atoms with E-state index < -0.39 is 0 Å². The molecule has 0 aliphatic heterocycles. The first-order valence-electron chi connectivity index (χ1n) is 3.52. The number of thiophene rings is 1. The minimum atomic E-state index is 1.23. The van der Waals surface area contributed by atoms with Gasteiger partial charge in [0.1, 0.15) is 0 Å². The van der Waals surface area contributed by atoms with E-state index in [4.69, 9.17) is 0 Å². The Labute approximate surface area is 97.2 Å². The van der Waals surface area contributed by atoms with Crippen LogP contribution in [0.15, 0.2) is 22.0 Å². The molecule has 3 heteroatoms. The van der Waals surface area contributed by atoms with Crippen molar-refractivity contribution in [2.45, 2.75) is 6.92 Å². The number of rotatable bonds is 0. The third-order valence-electron chi connectivity index (χ3n) is 1.81. The van der Waals surface area contributed by atoms with Gasteiger partial charge < -0.3 is 0 Å². The zero-order valence-electron chi connectivity index (χ0n) is 6.40. The summed E-state index contributed by atoms with van der Waals surface area (Å²) in [7, 11) is 0. The van der Waals surface area contributed by atoms with Crippen molar-refractivity contribution < 1.29 is 0 Å². The van der Waals surface area contributed by atoms with Gasteiger partial charge in [-0.1, -0.05) is 0 Å². The molecule has 2 rings (SSSR count). The molecule has 0 saturated carbocycles. The van der Waals surface area contributed by atoms with Crippen molar-refractivity contribution in [3.05, 3.63) is 31.1 Å². The minimum absolute atomic E-state index is 1.23. The Morgan fingerprint density at radius 1 is 1.50 bits per heavy atom. The van der Waals surface area contributed by atoms with E-state index in [1.165, 1.54) is 23.7 Å². The third-order valence-corrected chi connectivity index (χ3v) is 5.31. The molecule has 0 aliphatic rings. The summed E-state index contributed by atoms with van der Waals surface area (Å²) >= 11 is 7.75. The Morgan fingerprint density at radius 2 is 2.25 bits per heavy atom. The average Bonchev–Trinajstić information content (AvgIpc) is 2.48. The van der Waals surface area contributed by atoms with Gasteiger partial charge in [0.25, 0.3) is 0 Å². The quantitative estimate of drug-likeness (QED) is 0.609. The molecule has 0 spiro atoms. The van der Waals surface area contributed by atoms with E-state index in [2.05, 4.69) is 63.0 Å². The topological polar surface area (TPSA) is 0 Å². The Hall–Kier alpha value is 0.390. The lowest BCUT2D eigenvalue weighted by Crippen LogP contribution is -1.79. The van der Waals surface area contributed by atoms with Crippen LogP contribution in [0.1, 0.15) is 5.56 Å². The van der Waals surface area contributed by atoms with Gasteiger partial charge in [0.15, 0.2) is 0 Å². The molecule has 1 aromatic heterocycles. The molecule has 62 valence electrons. The van der Waals surface area contributed by atoms with E-state index in [-0.39, 0.29) is 0 Å². The highest BCUT2D eigenvalue weighted by molar-refractivity contribution is 14.1. The monoisotopic (exact) mass is 352 g/mol. The molecule has 0 bridgehead atoms. The van der Waals surface area contributed by atoms with Crippen molar-refractivity contribution in [3.8, 4) is 0 Å². The van der Waals surface area contributed by atoms with Crippen LogP contribution in [0.2, 0.25) is 0 Å². The van der Waals surface area contributed by atoms with Crippen molar-refractivity contribution in [2.24, 2.45) is 0 Å². The molecule has 1 aromatic carbocycles. The molecule has 12 heavy (non-hydrogen) atoms. The van der Waals surface area contributed by atoms with Crippen LogP contribution in [0.3, 0.4) is 0 Å². The van der Waals surface area contributed by atoms with Gasteiger partial charge in [0.2, 0.25) is 0 Å². The predicted octanol–water partition coefficient (Wildman–Crippen LogP) is 4.58. The van der Waals surface area contributed by atoms with Crippen LogP contribution in [-0.4, -0.2) is 0 Å². The van der Waals surface area contributed by atoms with Crippen LogP contribution in [0.25, 0.3) is 10.1 Å². The van der Waals surface area contributed by atoms with E-state index in [1.807, 2.05) is 0 Å². The number of hydrogen-bond acceptors (Lipinski definition) is 1. The largest absolute Gasteiger partial charge is 0.143 e. The summed E-state index contributed by atoms with van der Waals surface area (Å²) in [6.45, 7) is 2.16. The van der Waals surface area contributed by atoms with Gasteiger partial charge in [-0.2, -0.15) is 0 Å². The summed E-state index contributed by atoms with van der Waals surface area (Å²) in [5.74, 6) is 0. The highest BCUT2D eigenvalue weighted by atomic mass is 127. The molecule has 0 N–H and O–H groups in total. The number of halogens is 2. The zero-order valence-corrected chi connectivity index (χ0v) is 11.0. The van der Waals surface area contributed by atoms with Crippen molar-refractivity contribution in [1.29, 1.82) is 0 Å². The Kier molecular flexibility index (Phi) is 2.44. The second kappa shape index (κ2) is 3.27. The summed E-state index contributed by atoms with van der Waals surface area (Å²) < 4.78 is 3.91. The molecular formula is C9H6BrIS. The normalized spacial score (nSPS) is 10.9. The molecule has 0 amide bonds. The zero-order chi connectivity index (χ0) is 8.72. The van der Waals surface area contributed by atoms with Gasteiger partial charge in [-0.15, -0.1) is 11.3 Å². The molecule has 0 fully saturated rings. The van der Waals surface area contributed by atoms with Gasteiger partial charge in [0, 0.05) is 18.1 Å². The fourth-order valence-corrected chi connectivity index (χ4v) is 3.45. The maximum absolute atomic E-state index is 3.59. The Balaban J connectivity index is 2.97. The van der Waals surface area contributed by atoms with Gasteiger partial charge in [-0.3, -0.25) is 0 Å². The summed E-state index contributed by atoms with van der Waals surface area (Å²) in [5.41, 5.74) is 1.37. The molecular weight excluding hydrogens is 347 g/mol. The first-order valence-corrected chi connectivity index (χ1v) is 6.27. The fraction of sp³-hybridized carbons (Fsp3) is 0.111. The number of benzene rings is 1. The van der Waals surface area contributed by atoms with E-state index in [0.29, 0.717) is 0 Å². The second-order valence-corrected chi connectivity index (χ2v) is 5.52. The smallest absolute Gasteiger partial charge is 0.0395 e. The fourth-order valence-electron chi connectivity index (χ4n) is 1.24. The molecule has 0 aliphatic carbocycles. The van der Waals surface area contributed by atoms with Gasteiger partial charge >= 0.3 is 0 Å². The van der Waals surface area contributed by atoms with Crippen molar-refractivity contribution in [1.82, 2.24) is 0 Å². The van der Waals surface area contributed by atoms with Crippen LogP contribution in [0.5, 0.6) is 0 Å². The van der Waals surface area contributed by atoms with Crippen LogP contribution < -0.4 is 0 Å². The number of hydrogen-bond donors (Lipinski definition) is 0. The van der Waals surface area contributed by atoms with Crippen LogP contribution in [0, 0.1) is 10.5 Å². The molecule has 0 unspecified atom stereocenters. The number of fused-ring (bicyclic) bond motifs is 1. The van der Waals surface area contributed by atoms with Crippen LogP contribution in [0.4, 0.5) is 0 Å². The Bertz CT molecular complexity index is 433. The molecule has 0 saturated heterocycles. The van der Waals surface area contributed by atoms with E-state index in [9.17, 15) is 0 Å². The Morgan fingerprint density at radius 3 is 3.00 bits per heavy atom. The van der Waals surface area contributed by atoms with Gasteiger partial charge in [-0.05, 0) is 68.5 Å². The van der Waals surface area contributed by atoms with Gasteiger partial charge in [-0.25, -0.2) is 0 Å². The highest BCUT2D eigenvalue weighted by Crippen LogP contribution is 2.34. The lowest BCUT2D eigenvalue weighted by atomic mass is 10.2. The van der Waals surface area contributed by atoms with Crippen molar-refractivity contribution in [3.63, 3.8) is 0 Å². The summed E-state index contributed by atoms with van der Waals surface area (Å²) in [4.78, 5) is 0. The van der Waals surface area contributed by atoms with Crippen molar-refractivity contribution in [2.75, 3.05) is 0 Å². The lowest BCUT2D eigenvalue weighted by molar-refractivity contribution is 1.52. The molecule has 1 heterocycles. The molecule has 0 nitrogen and oxygen atoms in total. The van der Waals surface area contributed by atoms with Gasteiger partial charge in [0.05, 0.1) is 0 Å². The molecule has 0 atom stereocenters. The third kappa shape index (κ3) is 1.32. The molecule has 2 aromatic rings. The van der Waals surface area contributed by atoms with Crippen LogP contribution >= 0.6 is 49.9 Å². The second-order valence-electron chi connectivity index (χ2n) is 2.65. The minimum Gasteiger partial charge on any atom is -0.143 e. The first-order chi connectivity index (χ1) is 5.70. The standard InChI is InChI=1S/C9H6BrIS/c1-5-4-7(11)8(10)6-2-3-12-9(5)6/h2-4H,1H3. The summed E-state index contributed by atoms with van der Waals surface area (Å²) in [5, 5.41) is 3.47.